The molecule has 0 saturated carbocycles. The highest BCUT2D eigenvalue weighted by Crippen LogP contribution is 2.38. The molecule has 0 spiro atoms. The zero-order valence-electron chi connectivity index (χ0n) is 23.2. The maximum Gasteiger partial charge on any atom is 0.180 e. The largest absolute Gasteiger partial charge is 0.489 e. The van der Waals surface area contributed by atoms with Crippen molar-refractivity contribution in [1.82, 2.24) is 24.6 Å². The summed E-state index contributed by atoms with van der Waals surface area (Å²) in [7, 11) is 0. The van der Waals surface area contributed by atoms with Crippen LogP contribution in [0.2, 0.25) is 0 Å². The SMILES string of the molecule is CC.c1ccc(N2CCN3c4ccc(Nc5nc(-c6ccc7cn[nH]c7c6)cn6ccnc56)cc4OCC3C2)cc1. The number of nitrogens with zero attached hydrogens (tertiary/aromatic N) is 6. The van der Waals surface area contributed by atoms with Crippen molar-refractivity contribution in [3.63, 3.8) is 0 Å². The quantitative estimate of drug-likeness (QED) is 0.276. The number of nitrogens with one attached hydrogen (secondary N) is 2. The van der Waals surface area contributed by atoms with Gasteiger partial charge in [0.1, 0.15) is 12.4 Å². The molecule has 206 valence electrons. The first-order chi connectivity index (χ1) is 20.3. The fourth-order valence-electron chi connectivity index (χ4n) is 5.71. The average Bonchev–Trinajstić information content (AvgIpc) is 3.71. The molecule has 3 aromatic heterocycles. The summed E-state index contributed by atoms with van der Waals surface area (Å²) in [4.78, 5) is 14.4. The average molecular weight is 545 g/mol. The predicted molar refractivity (Wildman–Crippen MR) is 164 cm³/mol. The molecule has 9 nitrogen and oxygen atoms in total. The highest BCUT2D eigenvalue weighted by atomic mass is 16.5. The maximum absolute atomic E-state index is 6.30. The normalized spacial score (nSPS) is 16.0. The fraction of sp³-hybridized carbons (Fsp3) is 0.219. The number of H-pyrrole nitrogens is 1. The van der Waals surface area contributed by atoms with Crippen LogP contribution >= 0.6 is 0 Å². The van der Waals surface area contributed by atoms with Gasteiger partial charge in [-0.3, -0.25) is 5.10 Å². The smallest absolute Gasteiger partial charge is 0.180 e. The number of hydrogen-bond donors (Lipinski definition) is 2. The molecule has 8 rings (SSSR count). The minimum atomic E-state index is 0.320. The van der Waals surface area contributed by atoms with E-state index >= 15 is 0 Å². The minimum absolute atomic E-state index is 0.320. The molecule has 5 heterocycles. The van der Waals surface area contributed by atoms with E-state index in [-0.39, 0.29) is 0 Å². The number of aromatic amines is 1. The standard InChI is InChI=1S/C30H26N8O.C2H6/c1-2-4-23(5-3-1)36-12-13-38-24(17-36)19-39-28-15-22(8-9-27(28)38)33-29-30-31-10-11-37(30)18-26(34-29)20-6-7-21-16-32-35-25(21)14-20;1-2/h1-11,14-16,18,24H,12-13,17,19H2,(H,32,35)(H,33,34);1-2H3. The minimum Gasteiger partial charge on any atom is -0.489 e. The van der Waals surface area contributed by atoms with E-state index in [1.807, 2.05) is 36.8 Å². The second kappa shape index (κ2) is 10.5. The lowest BCUT2D eigenvalue weighted by molar-refractivity contribution is 0.255. The van der Waals surface area contributed by atoms with E-state index in [0.29, 0.717) is 18.5 Å². The molecule has 41 heavy (non-hydrogen) atoms. The van der Waals surface area contributed by atoms with Crippen LogP contribution in [0.1, 0.15) is 13.8 Å². The van der Waals surface area contributed by atoms with Gasteiger partial charge in [-0.05, 0) is 30.3 Å². The highest BCUT2D eigenvalue weighted by molar-refractivity contribution is 5.84. The molecule has 1 unspecified atom stereocenters. The number of anilines is 4. The highest BCUT2D eigenvalue weighted by Gasteiger charge is 2.33. The maximum atomic E-state index is 6.30. The number of benzene rings is 3. The van der Waals surface area contributed by atoms with Crippen LogP contribution in [0.4, 0.5) is 22.9 Å². The lowest BCUT2D eigenvalue weighted by atomic mass is 10.1. The Labute approximate surface area is 238 Å². The van der Waals surface area contributed by atoms with Gasteiger partial charge >= 0.3 is 0 Å². The Kier molecular flexibility index (Phi) is 6.39. The summed E-state index contributed by atoms with van der Waals surface area (Å²) < 4.78 is 8.29. The number of ether oxygens (including phenoxy) is 1. The van der Waals surface area contributed by atoms with Crippen molar-refractivity contribution in [2.24, 2.45) is 0 Å². The third-order valence-electron chi connectivity index (χ3n) is 7.68. The van der Waals surface area contributed by atoms with Gasteiger partial charge in [-0.1, -0.05) is 44.2 Å². The van der Waals surface area contributed by atoms with E-state index in [1.165, 1.54) is 5.69 Å². The Hall–Kier alpha value is -5.05. The molecule has 9 heteroatoms. The van der Waals surface area contributed by atoms with Gasteiger partial charge in [0, 0.05) is 66.6 Å². The monoisotopic (exact) mass is 544 g/mol. The van der Waals surface area contributed by atoms with Crippen LogP contribution in [0.25, 0.3) is 27.8 Å². The van der Waals surface area contributed by atoms with Crippen LogP contribution in [0.3, 0.4) is 0 Å². The van der Waals surface area contributed by atoms with Crippen LogP contribution in [0, 0.1) is 0 Å². The summed E-state index contributed by atoms with van der Waals surface area (Å²) in [5, 5.41) is 11.8. The Bertz CT molecular complexity index is 1810. The Balaban J connectivity index is 0.00000135. The van der Waals surface area contributed by atoms with E-state index in [1.54, 1.807) is 6.20 Å². The Morgan fingerprint density at radius 3 is 2.80 bits per heavy atom. The van der Waals surface area contributed by atoms with Crippen molar-refractivity contribution in [2.75, 3.05) is 41.4 Å². The molecule has 3 aromatic carbocycles. The Morgan fingerprint density at radius 1 is 1.00 bits per heavy atom. The van der Waals surface area contributed by atoms with Crippen LogP contribution in [0.5, 0.6) is 5.75 Å². The molecule has 0 radical (unpaired) electrons. The summed E-state index contributed by atoms with van der Waals surface area (Å²) in [6, 6.07) is 23.4. The third-order valence-corrected chi connectivity index (χ3v) is 7.68. The summed E-state index contributed by atoms with van der Waals surface area (Å²) >= 11 is 0. The van der Waals surface area contributed by atoms with Gasteiger partial charge in [0.05, 0.1) is 29.1 Å². The summed E-state index contributed by atoms with van der Waals surface area (Å²) in [5.74, 6) is 1.58. The lowest BCUT2D eigenvalue weighted by Crippen LogP contribution is -2.57. The van der Waals surface area contributed by atoms with Gasteiger partial charge in [-0.2, -0.15) is 5.10 Å². The van der Waals surface area contributed by atoms with Gasteiger partial charge in [0.25, 0.3) is 0 Å². The van der Waals surface area contributed by atoms with E-state index in [9.17, 15) is 0 Å². The molecule has 1 fully saturated rings. The van der Waals surface area contributed by atoms with Gasteiger partial charge < -0.3 is 24.3 Å². The first-order valence-corrected chi connectivity index (χ1v) is 14.2. The first kappa shape index (κ1) is 25.0. The molecule has 0 aliphatic carbocycles. The number of hydrogen-bond acceptors (Lipinski definition) is 7. The summed E-state index contributed by atoms with van der Waals surface area (Å²) in [6.07, 6.45) is 7.54. The number of rotatable bonds is 4. The number of piperazine rings is 1. The molecule has 1 atom stereocenters. The molecule has 1 saturated heterocycles. The van der Waals surface area contributed by atoms with Gasteiger partial charge in [-0.25, -0.2) is 9.97 Å². The molecule has 2 aliphatic heterocycles. The van der Waals surface area contributed by atoms with E-state index < -0.39 is 0 Å². The van der Waals surface area contributed by atoms with Crippen LogP contribution in [-0.2, 0) is 0 Å². The second-order valence-electron chi connectivity index (χ2n) is 10.1. The first-order valence-electron chi connectivity index (χ1n) is 14.2. The molecule has 0 bridgehead atoms. The van der Waals surface area contributed by atoms with Crippen molar-refractivity contribution >= 4 is 39.4 Å². The Morgan fingerprint density at radius 2 is 1.90 bits per heavy atom. The molecule has 0 amide bonds. The number of para-hydroxylation sites is 1. The molecule has 2 N–H and O–H groups in total. The van der Waals surface area contributed by atoms with Crippen molar-refractivity contribution in [1.29, 1.82) is 0 Å². The van der Waals surface area contributed by atoms with Gasteiger partial charge in [0.2, 0.25) is 0 Å². The van der Waals surface area contributed by atoms with Crippen molar-refractivity contribution < 1.29 is 4.74 Å². The van der Waals surface area contributed by atoms with E-state index in [0.717, 1.165) is 64.6 Å². The van der Waals surface area contributed by atoms with Crippen LogP contribution in [-0.4, -0.2) is 56.8 Å². The molecule has 2 aliphatic rings. The molecular weight excluding hydrogens is 512 g/mol. The number of fused-ring (bicyclic) bond motifs is 5. The van der Waals surface area contributed by atoms with Crippen molar-refractivity contribution in [3.8, 4) is 17.0 Å². The predicted octanol–water partition coefficient (Wildman–Crippen LogP) is 6.13. The second-order valence-corrected chi connectivity index (χ2v) is 10.1. The van der Waals surface area contributed by atoms with Crippen molar-refractivity contribution in [3.05, 3.63) is 91.5 Å². The summed E-state index contributed by atoms with van der Waals surface area (Å²) in [5.41, 5.74) is 6.90. The van der Waals surface area contributed by atoms with Crippen LogP contribution in [0.15, 0.2) is 91.5 Å². The fourth-order valence-corrected chi connectivity index (χ4v) is 5.71. The topological polar surface area (TPSA) is 86.6 Å². The zero-order chi connectivity index (χ0) is 27.8. The molecule has 6 aromatic rings. The zero-order valence-corrected chi connectivity index (χ0v) is 23.2. The van der Waals surface area contributed by atoms with Crippen molar-refractivity contribution in [2.45, 2.75) is 19.9 Å². The number of aromatic nitrogens is 5. The van der Waals surface area contributed by atoms with Crippen LogP contribution < -0.4 is 19.9 Å². The van der Waals surface area contributed by atoms with Gasteiger partial charge in [0.15, 0.2) is 11.5 Å². The van der Waals surface area contributed by atoms with E-state index in [2.05, 4.69) is 97.0 Å². The summed E-state index contributed by atoms with van der Waals surface area (Å²) in [6.45, 7) is 7.55. The van der Waals surface area contributed by atoms with Gasteiger partial charge in [-0.15, -0.1) is 0 Å². The number of imidazole rings is 1. The lowest BCUT2D eigenvalue weighted by Gasteiger charge is -2.46. The third kappa shape index (κ3) is 4.59. The molecular formula is C32H32N8O. The van der Waals surface area contributed by atoms with E-state index in [4.69, 9.17) is 9.72 Å².